The maximum atomic E-state index is 12.7. The van der Waals surface area contributed by atoms with Gasteiger partial charge in [0.2, 0.25) is 6.41 Å². The second kappa shape index (κ2) is 7.86. The fourth-order valence-corrected chi connectivity index (χ4v) is 2.85. The molecule has 3 amide bonds. The Morgan fingerprint density at radius 1 is 1.38 bits per heavy atom. The molecule has 0 spiro atoms. The lowest BCUT2D eigenvalue weighted by Crippen LogP contribution is -2.40. The number of ether oxygens (including phenoxy) is 1. The van der Waals surface area contributed by atoms with E-state index in [9.17, 15) is 14.4 Å². The number of carbonyl (C=O) groups is 3. The molecule has 0 atom stereocenters. The van der Waals surface area contributed by atoms with Crippen molar-refractivity contribution in [2.24, 2.45) is 12.8 Å². The summed E-state index contributed by atoms with van der Waals surface area (Å²) in [6.07, 6.45) is 1.15. The lowest BCUT2D eigenvalue weighted by molar-refractivity contribution is -0.116. The Labute approximate surface area is 153 Å². The monoisotopic (exact) mass is 365 g/mol. The van der Waals surface area contributed by atoms with Gasteiger partial charge in [0.25, 0.3) is 5.91 Å². The Morgan fingerprint density at radius 3 is 2.65 bits per heavy atom. The van der Waals surface area contributed by atoms with Crippen molar-refractivity contribution in [1.29, 1.82) is 0 Å². The first-order chi connectivity index (χ1) is 12.2. The summed E-state index contributed by atoms with van der Waals surface area (Å²) in [5.74, 6) is -0.476. The number of carbonyl (C=O) groups excluding carboxylic acids is 3. The first-order valence-corrected chi connectivity index (χ1v) is 8.67. The molecule has 0 saturated heterocycles. The van der Waals surface area contributed by atoms with Crippen molar-refractivity contribution in [3.05, 3.63) is 17.0 Å². The van der Waals surface area contributed by atoms with Crippen molar-refractivity contribution >= 4 is 18.4 Å². The van der Waals surface area contributed by atoms with E-state index in [4.69, 9.17) is 10.5 Å². The molecule has 26 heavy (non-hydrogen) atoms. The summed E-state index contributed by atoms with van der Waals surface area (Å²) in [5.41, 5.74) is 6.60. The van der Waals surface area contributed by atoms with Crippen LogP contribution in [0.25, 0.3) is 0 Å². The highest BCUT2D eigenvalue weighted by Gasteiger charge is 2.32. The summed E-state index contributed by atoms with van der Waals surface area (Å²) in [5, 5.41) is 4.29. The molecule has 0 aromatic carbocycles. The quantitative estimate of drug-likeness (QED) is 0.768. The minimum Gasteiger partial charge on any atom is -0.444 e. The molecule has 1 aromatic heterocycles. The van der Waals surface area contributed by atoms with Gasteiger partial charge in [-0.15, -0.1) is 0 Å². The Balaban J connectivity index is 2.24. The van der Waals surface area contributed by atoms with Crippen molar-refractivity contribution in [2.75, 3.05) is 19.6 Å². The number of nitrogens with zero attached hydrogens (tertiary/aromatic N) is 4. The topological polar surface area (TPSA) is 111 Å². The molecule has 1 aliphatic rings. The Bertz CT molecular complexity index is 692. The number of aryl methyl sites for hydroxylation is 1. The minimum absolute atomic E-state index is 0.194. The van der Waals surface area contributed by atoms with Gasteiger partial charge >= 0.3 is 6.09 Å². The van der Waals surface area contributed by atoms with E-state index in [2.05, 4.69) is 5.10 Å². The Kier molecular flexibility index (Phi) is 6.01. The van der Waals surface area contributed by atoms with Crippen LogP contribution in [0.2, 0.25) is 0 Å². The molecule has 144 valence electrons. The lowest BCUT2D eigenvalue weighted by atomic mass is 10.0. The number of rotatable bonds is 5. The zero-order valence-electron chi connectivity index (χ0n) is 15.8. The summed E-state index contributed by atoms with van der Waals surface area (Å²) >= 11 is 0. The van der Waals surface area contributed by atoms with Gasteiger partial charge in [0, 0.05) is 37.8 Å². The summed E-state index contributed by atoms with van der Waals surface area (Å²) in [7, 11) is 1.75. The predicted molar refractivity (Wildman–Crippen MR) is 94.3 cm³/mol. The summed E-state index contributed by atoms with van der Waals surface area (Å²) in [4.78, 5) is 39.0. The van der Waals surface area contributed by atoms with Gasteiger partial charge in [-0.3, -0.25) is 19.2 Å². The van der Waals surface area contributed by atoms with Gasteiger partial charge in [0.15, 0.2) is 5.69 Å². The minimum atomic E-state index is -0.596. The van der Waals surface area contributed by atoms with Crippen LogP contribution in [-0.4, -0.2) is 63.2 Å². The molecule has 2 heterocycles. The molecule has 0 radical (unpaired) electrons. The lowest BCUT2D eigenvalue weighted by Gasteiger charge is -2.30. The zero-order chi connectivity index (χ0) is 19.5. The fraction of sp³-hybridized carbons (Fsp3) is 0.647. The maximum Gasteiger partial charge on any atom is 0.410 e. The number of fused-ring (bicyclic) bond motifs is 1. The molecule has 0 aliphatic carbocycles. The third-order valence-corrected chi connectivity index (χ3v) is 4.09. The van der Waals surface area contributed by atoms with Gasteiger partial charge < -0.3 is 15.4 Å². The molecule has 1 aromatic rings. The summed E-state index contributed by atoms with van der Waals surface area (Å²) < 4.78 is 7.06. The van der Waals surface area contributed by atoms with Gasteiger partial charge in [-0.25, -0.2) is 4.79 Å². The van der Waals surface area contributed by atoms with Crippen LogP contribution in [0.4, 0.5) is 4.79 Å². The van der Waals surface area contributed by atoms with Crippen LogP contribution in [0.3, 0.4) is 0 Å². The molecule has 0 unspecified atom stereocenters. The zero-order valence-corrected chi connectivity index (χ0v) is 15.8. The summed E-state index contributed by atoms with van der Waals surface area (Å²) in [6.45, 7) is 6.74. The van der Waals surface area contributed by atoms with E-state index < -0.39 is 17.6 Å². The van der Waals surface area contributed by atoms with E-state index in [1.807, 2.05) is 0 Å². The number of amides is 3. The van der Waals surface area contributed by atoms with Crippen LogP contribution in [-0.2, 0) is 29.5 Å². The van der Waals surface area contributed by atoms with Crippen LogP contribution in [0.15, 0.2) is 0 Å². The van der Waals surface area contributed by atoms with Crippen molar-refractivity contribution in [3.63, 3.8) is 0 Å². The highest BCUT2D eigenvalue weighted by molar-refractivity contribution is 5.99. The average molecular weight is 365 g/mol. The van der Waals surface area contributed by atoms with E-state index in [0.29, 0.717) is 37.9 Å². The van der Waals surface area contributed by atoms with Gasteiger partial charge in [-0.2, -0.15) is 5.10 Å². The van der Waals surface area contributed by atoms with E-state index in [1.165, 1.54) is 0 Å². The second-order valence-electron chi connectivity index (χ2n) is 7.30. The van der Waals surface area contributed by atoms with Crippen LogP contribution in [0, 0.1) is 0 Å². The van der Waals surface area contributed by atoms with Crippen LogP contribution in [0.5, 0.6) is 0 Å². The first kappa shape index (κ1) is 19.9. The van der Waals surface area contributed by atoms with E-state index in [1.54, 1.807) is 37.4 Å². The SMILES string of the molecule is Cn1nc(C(=O)N(C=O)CCCN)c2c1CCN(C(=O)OC(C)(C)C)C2. The number of imide groups is 1. The van der Waals surface area contributed by atoms with Crippen molar-refractivity contribution in [1.82, 2.24) is 19.6 Å². The number of hydrogen-bond donors (Lipinski definition) is 1. The molecule has 1 aliphatic heterocycles. The van der Waals surface area contributed by atoms with Gasteiger partial charge in [-0.05, 0) is 33.7 Å². The normalized spacial score (nSPS) is 14.0. The van der Waals surface area contributed by atoms with E-state index in [-0.39, 0.29) is 18.8 Å². The largest absolute Gasteiger partial charge is 0.444 e. The molecule has 9 nitrogen and oxygen atoms in total. The molecule has 0 fully saturated rings. The van der Waals surface area contributed by atoms with Gasteiger partial charge in [0.1, 0.15) is 5.60 Å². The van der Waals surface area contributed by atoms with Crippen LogP contribution < -0.4 is 5.73 Å². The molecule has 0 saturated carbocycles. The average Bonchev–Trinajstić information content (AvgIpc) is 2.90. The molecule has 9 heteroatoms. The van der Waals surface area contributed by atoms with Crippen molar-refractivity contribution in [2.45, 2.75) is 45.8 Å². The molecule has 2 N–H and O–H groups in total. The number of nitrogens with two attached hydrogens (primary N) is 1. The highest BCUT2D eigenvalue weighted by Crippen LogP contribution is 2.24. The Hall–Kier alpha value is -2.42. The van der Waals surface area contributed by atoms with Crippen LogP contribution in [0.1, 0.15) is 48.9 Å². The molecule has 0 bridgehead atoms. The van der Waals surface area contributed by atoms with Crippen molar-refractivity contribution in [3.8, 4) is 0 Å². The van der Waals surface area contributed by atoms with E-state index >= 15 is 0 Å². The maximum absolute atomic E-state index is 12.7. The third-order valence-electron chi connectivity index (χ3n) is 4.09. The van der Waals surface area contributed by atoms with E-state index in [0.717, 1.165) is 10.6 Å². The van der Waals surface area contributed by atoms with Crippen molar-refractivity contribution < 1.29 is 19.1 Å². The van der Waals surface area contributed by atoms with Gasteiger partial charge in [0.05, 0.1) is 6.54 Å². The standard InChI is InChI=1S/C17H27N5O4/c1-17(2,3)26-16(25)21-9-6-13-12(10-21)14(19-20(13)4)15(24)22(11-23)8-5-7-18/h11H,5-10,18H2,1-4H3. The molecule has 2 rings (SSSR count). The summed E-state index contributed by atoms with van der Waals surface area (Å²) in [6, 6.07) is 0. The predicted octanol–water partition coefficient (Wildman–Crippen LogP) is 0.661. The fourth-order valence-electron chi connectivity index (χ4n) is 2.85. The molecular formula is C17H27N5O4. The third kappa shape index (κ3) is 4.40. The van der Waals surface area contributed by atoms with Gasteiger partial charge in [-0.1, -0.05) is 0 Å². The van der Waals surface area contributed by atoms with Crippen LogP contribution >= 0.6 is 0 Å². The number of aromatic nitrogens is 2. The first-order valence-electron chi connectivity index (χ1n) is 8.67. The second-order valence-corrected chi connectivity index (χ2v) is 7.30. The smallest absolute Gasteiger partial charge is 0.410 e. The number of hydrogen-bond acceptors (Lipinski definition) is 6. The molecular weight excluding hydrogens is 338 g/mol. The highest BCUT2D eigenvalue weighted by atomic mass is 16.6. The Morgan fingerprint density at radius 2 is 2.08 bits per heavy atom.